The van der Waals surface area contributed by atoms with Crippen LogP contribution >= 0.6 is 0 Å². The summed E-state index contributed by atoms with van der Waals surface area (Å²) < 4.78 is 5.08. The number of rotatable bonds is 5. The quantitative estimate of drug-likeness (QED) is 0.795. The van der Waals surface area contributed by atoms with Gasteiger partial charge in [0.2, 0.25) is 11.8 Å². The van der Waals surface area contributed by atoms with E-state index in [1.54, 1.807) is 0 Å². The van der Waals surface area contributed by atoms with Crippen LogP contribution in [0.5, 0.6) is 0 Å². The van der Waals surface area contributed by atoms with Crippen LogP contribution in [0, 0.1) is 0 Å². The summed E-state index contributed by atoms with van der Waals surface area (Å²) in [6.07, 6.45) is 4.66. The normalized spacial score (nSPS) is 15.9. The number of carbonyl (C=O) groups is 1. The Hall–Kier alpha value is -1.43. The third-order valence-electron chi connectivity index (χ3n) is 2.82. The first-order valence-corrected chi connectivity index (χ1v) is 6.54. The highest BCUT2D eigenvalue weighted by Gasteiger charge is 2.18. The Bertz CT molecular complexity index is 386. The Morgan fingerprint density at radius 1 is 1.39 bits per heavy atom. The van der Waals surface area contributed by atoms with Crippen LogP contribution in [0.3, 0.4) is 0 Å². The molecule has 1 aromatic rings. The average molecular weight is 253 g/mol. The molecule has 0 aromatic carbocycles. The number of carbonyl (C=O) groups excluding carboxylic acids is 1. The van der Waals surface area contributed by atoms with Crippen molar-refractivity contribution >= 4 is 5.91 Å². The molecule has 0 unspecified atom stereocenters. The molecule has 1 aromatic heterocycles. The van der Waals surface area contributed by atoms with Gasteiger partial charge in [0.1, 0.15) is 0 Å². The van der Waals surface area contributed by atoms with E-state index in [-0.39, 0.29) is 5.91 Å². The SMILES string of the molecule is CCCc1noc(CCC(=O)N2CCCCO2)n1. The lowest BCUT2D eigenvalue weighted by Gasteiger charge is -2.25. The monoisotopic (exact) mass is 253 g/mol. The Balaban J connectivity index is 1.77. The topological polar surface area (TPSA) is 68.5 Å². The summed E-state index contributed by atoms with van der Waals surface area (Å²) >= 11 is 0. The predicted molar refractivity (Wildman–Crippen MR) is 63.5 cm³/mol. The van der Waals surface area contributed by atoms with Gasteiger partial charge < -0.3 is 4.52 Å². The highest BCUT2D eigenvalue weighted by Crippen LogP contribution is 2.09. The van der Waals surface area contributed by atoms with E-state index in [1.807, 2.05) is 0 Å². The fraction of sp³-hybridized carbons (Fsp3) is 0.750. The lowest BCUT2D eigenvalue weighted by atomic mass is 10.2. The summed E-state index contributed by atoms with van der Waals surface area (Å²) in [5, 5.41) is 5.31. The first-order chi connectivity index (χ1) is 8.79. The smallest absolute Gasteiger partial charge is 0.246 e. The molecule has 1 aliphatic rings. The number of aromatic nitrogens is 2. The molecule has 0 bridgehead atoms. The van der Waals surface area contributed by atoms with Crippen molar-refractivity contribution in [2.45, 2.75) is 45.4 Å². The van der Waals surface area contributed by atoms with Crippen LogP contribution in [0.15, 0.2) is 4.52 Å². The Morgan fingerprint density at radius 3 is 3.00 bits per heavy atom. The molecule has 6 heteroatoms. The van der Waals surface area contributed by atoms with Crippen LogP contribution < -0.4 is 0 Å². The predicted octanol–water partition coefficient (Wildman–Crippen LogP) is 1.51. The maximum Gasteiger partial charge on any atom is 0.246 e. The molecule has 0 atom stereocenters. The van der Waals surface area contributed by atoms with E-state index < -0.39 is 0 Å². The molecule has 1 aliphatic heterocycles. The second kappa shape index (κ2) is 6.49. The summed E-state index contributed by atoms with van der Waals surface area (Å²) in [6.45, 7) is 3.38. The molecule has 0 radical (unpaired) electrons. The number of hydrogen-bond donors (Lipinski definition) is 0. The number of hydroxylamine groups is 2. The van der Waals surface area contributed by atoms with Gasteiger partial charge >= 0.3 is 0 Å². The molecular weight excluding hydrogens is 234 g/mol. The largest absolute Gasteiger partial charge is 0.339 e. The second-order valence-corrected chi connectivity index (χ2v) is 4.39. The minimum atomic E-state index is -0.00931. The fourth-order valence-corrected chi connectivity index (χ4v) is 1.85. The van der Waals surface area contributed by atoms with Gasteiger partial charge in [0.05, 0.1) is 6.61 Å². The maximum atomic E-state index is 11.8. The molecule has 6 nitrogen and oxygen atoms in total. The van der Waals surface area contributed by atoms with Gasteiger partial charge in [-0.15, -0.1) is 0 Å². The number of hydrogen-bond acceptors (Lipinski definition) is 5. The molecule has 0 N–H and O–H groups in total. The van der Waals surface area contributed by atoms with Gasteiger partial charge in [0.15, 0.2) is 5.82 Å². The Morgan fingerprint density at radius 2 is 2.28 bits per heavy atom. The van der Waals surface area contributed by atoms with E-state index in [9.17, 15) is 4.79 Å². The lowest BCUT2D eigenvalue weighted by Crippen LogP contribution is -2.35. The molecule has 1 saturated heterocycles. The Kier molecular flexibility index (Phi) is 4.69. The number of nitrogens with zero attached hydrogens (tertiary/aromatic N) is 3. The molecule has 0 saturated carbocycles. The molecule has 2 heterocycles. The minimum Gasteiger partial charge on any atom is -0.339 e. The first kappa shape index (κ1) is 13.0. The second-order valence-electron chi connectivity index (χ2n) is 4.39. The summed E-state index contributed by atoms with van der Waals surface area (Å²) in [6, 6.07) is 0. The standard InChI is InChI=1S/C12H19N3O3/c1-2-5-10-13-11(18-14-10)6-7-12(16)15-8-3-4-9-17-15/h2-9H2,1H3. The summed E-state index contributed by atoms with van der Waals surface area (Å²) in [7, 11) is 0. The van der Waals surface area contributed by atoms with Crippen molar-refractivity contribution < 1.29 is 14.2 Å². The van der Waals surface area contributed by atoms with Crippen LogP contribution in [0.25, 0.3) is 0 Å². The summed E-state index contributed by atoms with van der Waals surface area (Å²) in [5.74, 6) is 1.24. The molecule has 1 amide bonds. The minimum absolute atomic E-state index is 0.00931. The third kappa shape index (κ3) is 3.53. The van der Waals surface area contributed by atoms with Crippen molar-refractivity contribution in [3.05, 3.63) is 11.7 Å². The number of amides is 1. The zero-order chi connectivity index (χ0) is 12.8. The van der Waals surface area contributed by atoms with Gasteiger partial charge in [-0.2, -0.15) is 4.98 Å². The molecular formula is C12H19N3O3. The van der Waals surface area contributed by atoms with Gasteiger partial charge in [0, 0.05) is 25.8 Å². The highest BCUT2D eigenvalue weighted by molar-refractivity contribution is 5.75. The highest BCUT2D eigenvalue weighted by atomic mass is 16.7. The van der Waals surface area contributed by atoms with Crippen molar-refractivity contribution in [3.8, 4) is 0 Å². The zero-order valence-corrected chi connectivity index (χ0v) is 10.7. The van der Waals surface area contributed by atoms with Gasteiger partial charge in [-0.3, -0.25) is 9.63 Å². The maximum absolute atomic E-state index is 11.8. The van der Waals surface area contributed by atoms with Crippen LogP contribution in [0.4, 0.5) is 0 Å². The lowest BCUT2D eigenvalue weighted by molar-refractivity contribution is -0.197. The first-order valence-electron chi connectivity index (χ1n) is 6.54. The zero-order valence-electron chi connectivity index (χ0n) is 10.7. The fourth-order valence-electron chi connectivity index (χ4n) is 1.85. The van der Waals surface area contributed by atoms with Crippen molar-refractivity contribution in [2.24, 2.45) is 0 Å². The molecule has 100 valence electrons. The van der Waals surface area contributed by atoms with Crippen LogP contribution in [-0.4, -0.2) is 34.3 Å². The Labute approximate surface area is 106 Å². The van der Waals surface area contributed by atoms with Crippen molar-refractivity contribution in [2.75, 3.05) is 13.2 Å². The van der Waals surface area contributed by atoms with E-state index in [2.05, 4.69) is 17.1 Å². The van der Waals surface area contributed by atoms with Gasteiger partial charge in [0.25, 0.3) is 0 Å². The molecule has 0 aliphatic carbocycles. The average Bonchev–Trinajstić information content (AvgIpc) is 2.85. The summed E-state index contributed by atoms with van der Waals surface area (Å²) in [4.78, 5) is 21.3. The van der Waals surface area contributed by atoms with E-state index in [0.29, 0.717) is 37.7 Å². The third-order valence-corrected chi connectivity index (χ3v) is 2.82. The molecule has 1 fully saturated rings. The van der Waals surface area contributed by atoms with Gasteiger partial charge in [-0.05, 0) is 19.3 Å². The van der Waals surface area contributed by atoms with Crippen LogP contribution in [-0.2, 0) is 22.5 Å². The van der Waals surface area contributed by atoms with E-state index in [0.717, 1.165) is 25.7 Å². The molecule has 18 heavy (non-hydrogen) atoms. The van der Waals surface area contributed by atoms with Gasteiger partial charge in [-0.1, -0.05) is 12.1 Å². The van der Waals surface area contributed by atoms with E-state index >= 15 is 0 Å². The molecule has 0 spiro atoms. The number of aryl methyl sites for hydroxylation is 2. The van der Waals surface area contributed by atoms with Gasteiger partial charge in [-0.25, -0.2) is 5.06 Å². The van der Waals surface area contributed by atoms with E-state index in [1.165, 1.54) is 5.06 Å². The molecule has 2 rings (SSSR count). The van der Waals surface area contributed by atoms with Crippen molar-refractivity contribution in [3.63, 3.8) is 0 Å². The van der Waals surface area contributed by atoms with E-state index in [4.69, 9.17) is 9.36 Å². The van der Waals surface area contributed by atoms with Crippen LogP contribution in [0.1, 0.15) is 44.3 Å². The van der Waals surface area contributed by atoms with Crippen molar-refractivity contribution in [1.29, 1.82) is 0 Å². The van der Waals surface area contributed by atoms with Crippen LogP contribution in [0.2, 0.25) is 0 Å². The van der Waals surface area contributed by atoms with Crippen molar-refractivity contribution in [1.82, 2.24) is 15.2 Å². The summed E-state index contributed by atoms with van der Waals surface area (Å²) in [5.41, 5.74) is 0.